The first kappa shape index (κ1) is 15.3. The van der Waals surface area contributed by atoms with E-state index in [9.17, 15) is 4.79 Å². The molecule has 1 amide bonds. The summed E-state index contributed by atoms with van der Waals surface area (Å²) in [6, 6.07) is 14.4. The van der Waals surface area contributed by atoms with E-state index < -0.39 is 0 Å². The molecule has 0 aromatic heterocycles. The summed E-state index contributed by atoms with van der Waals surface area (Å²) < 4.78 is 0. The van der Waals surface area contributed by atoms with Gasteiger partial charge in [-0.3, -0.25) is 4.79 Å². The van der Waals surface area contributed by atoms with Gasteiger partial charge >= 0.3 is 0 Å². The number of rotatable bonds is 3. The van der Waals surface area contributed by atoms with Crippen LogP contribution in [0.3, 0.4) is 0 Å². The van der Waals surface area contributed by atoms with Crippen molar-refractivity contribution >= 4 is 34.8 Å². The maximum absolute atomic E-state index is 12.3. The van der Waals surface area contributed by atoms with Gasteiger partial charge in [-0.25, -0.2) is 10.9 Å². The summed E-state index contributed by atoms with van der Waals surface area (Å²) in [6.07, 6.45) is 0.653. The van der Waals surface area contributed by atoms with Crippen molar-refractivity contribution in [1.82, 2.24) is 10.9 Å². The summed E-state index contributed by atoms with van der Waals surface area (Å²) in [6.45, 7) is 0. The molecule has 4 nitrogen and oxygen atoms in total. The first-order chi connectivity index (χ1) is 10.6. The van der Waals surface area contributed by atoms with Gasteiger partial charge < -0.3 is 5.32 Å². The number of carbonyl (C=O) groups excluding carboxylic acids is 1. The number of anilines is 1. The molecule has 0 aliphatic carbocycles. The van der Waals surface area contributed by atoms with Gasteiger partial charge in [-0.2, -0.15) is 0 Å². The molecule has 1 heterocycles. The zero-order valence-corrected chi connectivity index (χ0v) is 13.2. The van der Waals surface area contributed by atoms with E-state index in [1.54, 1.807) is 24.3 Å². The van der Waals surface area contributed by atoms with Crippen molar-refractivity contribution in [2.45, 2.75) is 18.5 Å². The molecule has 0 bridgehead atoms. The Morgan fingerprint density at radius 3 is 2.55 bits per heavy atom. The Balaban J connectivity index is 1.62. The Bertz CT molecular complexity index is 675. The molecular weight excluding hydrogens is 321 g/mol. The first-order valence-electron chi connectivity index (χ1n) is 6.95. The Labute approximate surface area is 138 Å². The molecule has 2 aromatic carbocycles. The topological polar surface area (TPSA) is 53.2 Å². The first-order valence-corrected chi connectivity index (χ1v) is 7.70. The van der Waals surface area contributed by atoms with Crippen LogP contribution in [0.25, 0.3) is 0 Å². The number of amides is 1. The van der Waals surface area contributed by atoms with Gasteiger partial charge in [-0.1, -0.05) is 35.3 Å². The molecule has 3 rings (SSSR count). The van der Waals surface area contributed by atoms with Crippen LogP contribution >= 0.6 is 23.2 Å². The van der Waals surface area contributed by atoms with Crippen LogP contribution in [0.5, 0.6) is 0 Å². The highest BCUT2D eigenvalue weighted by Crippen LogP contribution is 2.25. The third-order valence-corrected chi connectivity index (χ3v) is 4.07. The quantitative estimate of drug-likeness (QED) is 0.804. The van der Waals surface area contributed by atoms with Gasteiger partial charge in [-0.05, 0) is 48.4 Å². The largest absolute Gasteiger partial charge is 0.325 e. The van der Waals surface area contributed by atoms with Crippen molar-refractivity contribution in [2.75, 3.05) is 5.32 Å². The van der Waals surface area contributed by atoms with Crippen LogP contribution in [0.4, 0.5) is 5.69 Å². The molecule has 0 saturated carbocycles. The van der Waals surface area contributed by atoms with E-state index >= 15 is 0 Å². The molecule has 2 atom stereocenters. The lowest BCUT2D eigenvalue weighted by Crippen LogP contribution is -2.39. The van der Waals surface area contributed by atoms with Crippen LogP contribution < -0.4 is 16.2 Å². The summed E-state index contributed by atoms with van der Waals surface area (Å²) in [4.78, 5) is 12.3. The van der Waals surface area contributed by atoms with E-state index in [0.717, 1.165) is 11.3 Å². The zero-order valence-electron chi connectivity index (χ0n) is 11.6. The maximum atomic E-state index is 12.3. The number of hydrazine groups is 1. The molecule has 2 unspecified atom stereocenters. The number of nitrogens with one attached hydrogen (secondary N) is 3. The fourth-order valence-corrected chi connectivity index (χ4v) is 2.76. The van der Waals surface area contributed by atoms with Gasteiger partial charge in [-0.15, -0.1) is 0 Å². The van der Waals surface area contributed by atoms with Crippen molar-refractivity contribution in [3.05, 3.63) is 64.1 Å². The van der Waals surface area contributed by atoms with E-state index in [0.29, 0.717) is 16.5 Å². The highest BCUT2D eigenvalue weighted by molar-refractivity contribution is 6.30. The fourth-order valence-electron chi connectivity index (χ4n) is 2.43. The van der Waals surface area contributed by atoms with Crippen LogP contribution in [0.1, 0.15) is 18.0 Å². The molecule has 6 heteroatoms. The second-order valence-corrected chi connectivity index (χ2v) is 6.05. The molecular formula is C16H15Cl2N3O. The molecule has 0 radical (unpaired) electrons. The van der Waals surface area contributed by atoms with Crippen molar-refractivity contribution in [3.63, 3.8) is 0 Å². The minimum atomic E-state index is -0.306. The molecule has 1 saturated heterocycles. The van der Waals surface area contributed by atoms with Gasteiger partial charge in [0, 0.05) is 21.8 Å². The van der Waals surface area contributed by atoms with Crippen LogP contribution in [0.15, 0.2) is 48.5 Å². The van der Waals surface area contributed by atoms with Gasteiger partial charge in [0.1, 0.15) is 6.04 Å². The summed E-state index contributed by atoms with van der Waals surface area (Å²) in [5.74, 6) is -0.0839. The van der Waals surface area contributed by atoms with Gasteiger partial charge in [0.15, 0.2) is 0 Å². The molecule has 3 N–H and O–H groups in total. The van der Waals surface area contributed by atoms with Crippen molar-refractivity contribution in [2.24, 2.45) is 0 Å². The van der Waals surface area contributed by atoms with Gasteiger partial charge in [0.25, 0.3) is 0 Å². The summed E-state index contributed by atoms with van der Waals surface area (Å²) >= 11 is 11.8. The highest BCUT2D eigenvalue weighted by Gasteiger charge is 2.30. The Kier molecular flexibility index (Phi) is 4.64. The van der Waals surface area contributed by atoms with E-state index in [-0.39, 0.29) is 18.0 Å². The van der Waals surface area contributed by atoms with E-state index in [4.69, 9.17) is 23.2 Å². The maximum Gasteiger partial charge on any atom is 0.242 e. The van der Waals surface area contributed by atoms with Crippen molar-refractivity contribution < 1.29 is 4.79 Å². The zero-order chi connectivity index (χ0) is 15.5. The third kappa shape index (κ3) is 3.59. The average molecular weight is 336 g/mol. The minimum Gasteiger partial charge on any atom is -0.325 e. The third-order valence-electron chi connectivity index (χ3n) is 3.58. The van der Waals surface area contributed by atoms with Crippen LogP contribution in [-0.4, -0.2) is 11.9 Å². The van der Waals surface area contributed by atoms with Crippen molar-refractivity contribution in [3.8, 4) is 0 Å². The second kappa shape index (κ2) is 6.67. The van der Waals surface area contributed by atoms with Crippen LogP contribution in [0.2, 0.25) is 10.0 Å². The molecule has 2 aromatic rings. The Hall–Kier alpha value is -1.59. The minimum absolute atomic E-state index is 0.0552. The lowest BCUT2D eigenvalue weighted by atomic mass is 10.0. The monoisotopic (exact) mass is 335 g/mol. The number of carbonyl (C=O) groups is 1. The number of benzene rings is 2. The highest BCUT2D eigenvalue weighted by atomic mass is 35.5. The predicted octanol–water partition coefficient (Wildman–Crippen LogP) is 3.54. The molecule has 1 aliphatic rings. The number of halogens is 2. The van der Waals surface area contributed by atoms with Crippen LogP contribution in [0, 0.1) is 0 Å². The average Bonchev–Trinajstić information content (AvgIpc) is 3.00. The van der Waals surface area contributed by atoms with E-state index in [1.165, 1.54) is 0 Å². The second-order valence-electron chi connectivity index (χ2n) is 5.18. The smallest absolute Gasteiger partial charge is 0.242 e. The normalized spacial score (nSPS) is 20.8. The fraction of sp³-hybridized carbons (Fsp3) is 0.188. The number of hydrogen-bond acceptors (Lipinski definition) is 3. The standard InChI is InChI=1S/C16H15Cl2N3O/c17-11-4-6-13(7-5-11)19-16(22)15-9-14(20-21-15)10-2-1-3-12(18)8-10/h1-8,14-15,20-21H,9H2,(H,19,22). The molecule has 0 spiro atoms. The molecule has 1 aliphatic heterocycles. The predicted molar refractivity (Wildman–Crippen MR) is 89.0 cm³/mol. The molecule has 114 valence electrons. The Morgan fingerprint density at radius 1 is 1.05 bits per heavy atom. The lowest BCUT2D eigenvalue weighted by molar-refractivity contribution is -0.117. The lowest BCUT2D eigenvalue weighted by Gasteiger charge is -2.11. The Morgan fingerprint density at radius 2 is 1.82 bits per heavy atom. The SMILES string of the molecule is O=C(Nc1ccc(Cl)cc1)C1CC(c2cccc(Cl)c2)NN1. The van der Waals surface area contributed by atoms with E-state index in [1.807, 2.05) is 24.3 Å². The van der Waals surface area contributed by atoms with Gasteiger partial charge in [0.2, 0.25) is 5.91 Å². The summed E-state index contributed by atoms with van der Waals surface area (Å²) in [5.41, 5.74) is 7.94. The molecule has 22 heavy (non-hydrogen) atoms. The van der Waals surface area contributed by atoms with Crippen LogP contribution in [-0.2, 0) is 4.79 Å². The van der Waals surface area contributed by atoms with Gasteiger partial charge in [0.05, 0.1) is 0 Å². The van der Waals surface area contributed by atoms with E-state index in [2.05, 4.69) is 16.2 Å². The molecule has 1 fully saturated rings. The summed E-state index contributed by atoms with van der Waals surface area (Å²) in [5, 5.41) is 4.20. The number of hydrogen-bond donors (Lipinski definition) is 3. The summed E-state index contributed by atoms with van der Waals surface area (Å²) in [7, 11) is 0. The van der Waals surface area contributed by atoms with Crippen molar-refractivity contribution in [1.29, 1.82) is 0 Å².